The van der Waals surface area contributed by atoms with Gasteiger partial charge in [0, 0.05) is 6.07 Å². The predicted octanol–water partition coefficient (Wildman–Crippen LogP) is 3.92. The van der Waals surface area contributed by atoms with E-state index in [9.17, 15) is 14.4 Å². The van der Waals surface area contributed by atoms with Crippen LogP contribution in [0.1, 0.15) is 19.4 Å². The van der Waals surface area contributed by atoms with Gasteiger partial charge in [-0.15, -0.1) is 6.42 Å². The molecule has 0 atom stereocenters. The van der Waals surface area contributed by atoms with Gasteiger partial charge in [0.2, 0.25) is 0 Å². The number of barbiturate groups is 1. The van der Waals surface area contributed by atoms with Gasteiger partial charge in [-0.1, -0.05) is 12.0 Å². The second-order valence-electron chi connectivity index (χ2n) is 6.64. The average Bonchev–Trinajstić information content (AvgIpc) is 2.78. The number of urea groups is 1. The Morgan fingerprint density at radius 1 is 1.03 bits per heavy atom. The van der Waals surface area contributed by atoms with Gasteiger partial charge in [-0.05, 0) is 65.7 Å². The number of amides is 4. The van der Waals surface area contributed by atoms with E-state index in [4.69, 9.17) is 20.6 Å². The van der Waals surface area contributed by atoms with Gasteiger partial charge >= 0.3 is 6.03 Å². The van der Waals surface area contributed by atoms with Crippen molar-refractivity contribution in [3.05, 3.63) is 52.0 Å². The van der Waals surface area contributed by atoms with Gasteiger partial charge in [0.25, 0.3) is 11.8 Å². The van der Waals surface area contributed by atoms with Crippen LogP contribution in [0, 0.1) is 12.3 Å². The second kappa shape index (κ2) is 10.7. The molecule has 4 amide bonds. The van der Waals surface area contributed by atoms with Crippen LogP contribution in [0.25, 0.3) is 6.08 Å². The van der Waals surface area contributed by atoms with E-state index >= 15 is 0 Å². The lowest BCUT2D eigenvalue weighted by atomic mass is 10.1. The van der Waals surface area contributed by atoms with Gasteiger partial charge < -0.3 is 14.2 Å². The van der Waals surface area contributed by atoms with Crippen molar-refractivity contribution in [2.75, 3.05) is 24.7 Å². The molecule has 2 aromatic carbocycles. The molecule has 1 fully saturated rings. The number of ether oxygens (including phenoxy) is 3. The molecule has 0 radical (unpaired) electrons. The molecule has 1 saturated heterocycles. The highest BCUT2D eigenvalue weighted by Crippen LogP contribution is 2.35. The first-order valence-corrected chi connectivity index (χ1v) is 10.9. The topological polar surface area (TPSA) is 94.2 Å². The Morgan fingerprint density at radius 3 is 2.42 bits per heavy atom. The molecule has 3 rings (SSSR count). The van der Waals surface area contributed by atoms with Gasteiger partial charge in [0.15, 0.2) is 0 Å². The van der Waals surface area contributed by atoms with Crippen LogP contribution in [-0.2, 0) is 9.59 Å². The average molecular weight is 513 g/mol. The van der Waals surface area contributed by atoms with E-state index in [0.717, 1.165) is 4.90 Å². The van der Waals surface area contributed by atoms with Crippen molar-refractivity contribution in [2.45, 2.75) is 13.8 Å². The number of carbonyl (C=O) groups excluding carboxylic acids is 3. The molecular formula is C24H21BrN2O6. The summed E-state index contributed by atoms with van der Waals surface area (Å²) in [6, 6.07) is 8.90. The molecule has 1 aliphatic heterocycles. The lowest BCUT2D eigenvalue weighted by Crippen LogP contribution is -2.54. The molecule has 2 aromatic rings. The van der Waals surface area contributed by atoms with Gasteiger partial charge in [-0.2, -0.15) is 0 Å². The Morgan fingerprint density at radius 2 is 1.76 bits per heavy atom. The molecule has 1 aliphatic rings. The van der Waals surface area contributed by atoms with Crippen LogP contribution in [-0.4, -0.2) is 37.7 Å². The zero-order valence-corrected chi connectivity index (χ0v) is 19.6. The van der Waals surface area contributed by atoms with E-state index < -0.39 is 17.8 Å². The number of halogens is 1. The molecule has 0 aliphatic carbocycles. The molecule has 0 spiro atoms. The van der Waals surface area contributed by atoms with Crippen molar-refractivity contribution in [1.82, 2.24) is 5.32 Å². The summed E-state index contributed by atoms with van der Waals surface area (Å²) in [6.45, 7) is 4.40. The molecular weight excluding hydrogens is 492 g/mol. The Kier molecular flexibility index (Phi) is 7.74. The maximum absolute atomic E-state index is 13.3. The summed E-state index contributed by atoms with van der Waals surface area (Å²) in [5.74, 6) is 2.05. The maximum Gasteiger partial charge on any atom is 0.336 e. The number of anilines is 1. The number of rotatable bonds is 8. The van der Waals surface area contributed by atoms with Crippen LogP contribution in [0.15, 0.2) is 46.4 Å². The molecule has 8 nitrogen and oxygen atoms in total. The standard InChI is InChI=1S/C24H21BrN2O6/c1-4-11-33-20-9-7-15(13-18(20)25)12-17-22(28)26-24(30)27(23(17)29)19-14-16(31-5-2)8-10-21(19)32-6-3/h1,7-10,12-14H,5-6,11H2,2-3H3,(H,26,28,30)/b17-12+. The largest absolute Gasteiger partial charge is 0.494 e. The van der Waals surface area contributed by atoms with Crippen LogP contribution in [0.3, 0.4) is 0 Å². The molecule has 170 valence electrons. The zero-order valence-electron chi connectivity index (χ0n) is 18.0. The summed E-state index contributed by atoms with van der Waals surface area (Å²) < 4.78 is 17.1. The number of carbonyl (C=O) groups is 3. The normalized spacial score (nSPS) is 14.7. The van der Waals surface area contributed by atoms with E-state index in [-0.39, 0.29) is 17.9 Å². The molecule has 0 bridgehead atoms. The second-order valence-corrected chi connectivity index (χ2v) is 7.49. The fourth-order valence-electron chi connectivity index (χ4n) is 3.09. The third-order valence-electron chi connectivity index (χ3n) is 4.46. The fraction of sp³-hybridized carbons (Fsp3) is 0.208. The number of hydrogen-bond acceptors (Lipinski definition) is 6. The molecule has 9 heteroatoms. The van der Waals surface area contributed by atoms with Crippen LogP contribution < -0.4 is 24.4 Å². The lowest BCUT2D eigenvalue weighted by molar-refractivity contribution is -0.122. The van der Waals surface area contributed by atoms with E-state index in [1.165, 1.54) is 12.1 Å². The summed E-state index contributed by atoms with van der Waals surface area (Å²) >= 11 is 3.38. The molecule has 0 aromatic heterocycles. The fourth-order valence-corrected chi connectivity index (χ4v) is 3.60. The number of nitrogens with zero attached hydrogens (tertiary/aromatic N) is 1. The van der Waals surface area contributed by atoms with Crippen molar-refractivity contribution in [2.24, 2.45) is 0 Å². The van der Waals surface area contributed by atoms with Crippen LogP contribution in [0.5, 0.6) is 17.2 Å². The smallest absolute Gasteiger partial charge is 0.336 e. The van der Waals surface area contributed by atoms with Crippen molar-refractivity contribution in [1.29, 1.82) is 0 Å². The number of hydrogen-bond donors (Lipinski definition) is 1. The van der Waals surface area contributed by atoms with Gasteiger partial charge in [0.1, 0.15) is 29.4 Å². The van der Waals surface area contributed by atoms with Crippen LogP contribution >= 0.6 is 15.9 Å². The molecule has 0 saturated carbocycles. The van der Waals surface area contributed by atoms with Gasteiger partial charge in [-0.3, -0.25) is 14.9 Å². The number of nitrogens with one attached hydrogen (secondary N) is 1. The Hall–Kier alpha value is -3.77. The Bertz CT molecular complexity index is 1170. The summed E-state index contributed by atoms with van der Waals surface area (Å²) in [6.07, 6.45) is 6.60. The minimum absolute atomic E-state index is 0.0972. The van der Waals surface area contributed by atoms with Gasteiger partial charge in [-0.25, -0.2) is 9.69 Å². The first-order valence-electron chi connectivity index (χ1n) is 10.1. The third-order valence-corrected chi connectivity index (χ3v) is 5.08. The molecule has 1 heterocycles. The van der Waals surface area contributed by atoms with E-state index in [2.05, 4.69) is 27.2 Å². The lowest BCUT2D eigenvalue weighted by Gasteiger charge is -2.28. The highest BCUT2D eigenvalue weighted by molar-refractivity contribution is 9.10. The summed E-state index contributed by atoms with van der Waals surface area (Å²) in [4.78, 5) is 39.3. The summed E-state index contributed by atoms with van der Waals surface area (Å²) in [5, 5.41) is 2.21. The number of imide groups is 2. The molecule has 33 heavy (non-hydrogen) atoms. The number of terminal acetylenes is 1. The minimum Gasteiger partial charge on any atom is -0.494 e. The SMILES string of the molecule is C#CCOc1ccc(/C=C2\C(=O)NC(=O)N(c3cc(OCC)ccc3OCC)C2=O)cc1Br. The van der Waals surface area contributed by atoms with Crippen LogP contribution in [0.2, 0.25) is 0 Å². The van der Waals surface area contributed by atoms with Crippen molar-refractivity contribution < 1.29 is 28.6 Å². The maximum atomic E-state index is 13.3. The summed E-state index contributed by atoms with van der Waals surface area (Å²) in [7, 11) is 0. The Labute approximate surface area is 199 Å². The Balaban J connectivity index is 2.01. The van der Waals surface area contributed by atoms with Crippen LogP contribution in [0.4, 0.5) is 10.5 Å². The minimum atomic E-state index is -0.879. The van der Waals surface area contributed by atoms with Crippen molar-refractivity contribution in [3.63, 3.8) is 0 Å². The predicted molar refractivity (Wildman–Crippen MR) is 126 cm³/mol. The first-order chi connectivity index (χ1) is 15.9. The van der Waals surface area contributed by atoms with Crippen molar-refractivity contribution >= 4 is 45.5 Å². The molecule has 1 N–H and O–H groups in total. The summed E-state index contributed by atoms with van der Waals surface area (Å²) in [5.41, 5.74) is 0.488. The van der Waals surface area contributed by atoms with E-state index in [1.54, 1.807) is 37.3 Å². The first kappa shape index (κ1) is 23.9. The number of benzene rings is 2. The van der Waals surface area contributed by atoms with Gasteiger partial charge in [0.05, 0.1) is 23.4 Å². The quantitative estimate of drug-likeness (QED) is 0.327. The van der Waals surface area contributed by atoms with E-state index in [0.29, 0.717) is 40.5 Å². The zero-order chi connectivity index (χ0) is 24.0. The highest BCUT2D eigenvalue weighted by atomic mass is 79.9. The van der Waals surface area contributed by atoms with Crippen molar-refractivity contribution in [3.8, 4) is 29.6 Å². The third kappa shape index (κ3) is 5.35. The highest BCUT2D eigenvalue weighted by Gasteiger charge is 2.38. The van der Waals surface area contributed by atoms with E-state index in [1.807, 2.05) is 6.92 Å². The monoisotopic (exact) mass is 512 g/mol. The molecule has 0 unspecified atom stereocenters.